The van der Waals surface area contributed by atoms with Gasteiger partial charge in [0, 0.05) is 12.1 Å². The molecule has 0 aliphatic heterocycles. The number of fused-ring (bicyclic) bond motifs is 3. The van der Waals surface area contributed by atoms with Crippen molar-refractivity contribution in [3.05, 3.63) is 87.6 Å². The van der Waals surface area contributed by atoms with Gasteiger partial charge in [0.2, 0.25) is 0 Å². The molecule has 31 heavy (non-hydrogen) atoms. The minimum absolute atomic E-state index is 0.148. The fourth-order valence-corrected chi connectivity index (χ4v) is 3.67. The van der Waals surface area contributed by atoms with Crippen molar-refractivity contribution in [3.8, 4) is 11.1 Å². The Morgan fingerprint density at radius 1 is 1.00 bits per heavy atom. The summed E-state index contributed by atoms with van der Waals surface area (Å²) in [5, 5.41) is 13.8. The molecule has 5 aromatic rings. The summed E-state index contributed by atoms with van der Waals surface area (Å²) < 4.78 is 8.38. The lowest BCUT2D eigenvalue weighted by atomic mass is 10.1. The summed E-state index contributed by atoms with van der Waals surface area (Å²) in [4.78, 5) is 17.5. The van der Waals surface area contributed by atoms with E-state index >= 15 is 0 Å². The zero-order valence-electron chi connectivity index (χ0n) is 16.6. The maximum atomic E-state index is 13.1. The first-order valence-corrected chi connectivity index (χ1v) is 9.96. The highest BCUT2D eigenvalue weighted by Crippen LogP contribution is 2.28. The normalized spacial score (nSPS) is 11.4. The van der Waals surface area contributed by atoms with E-state index in [0.29, 0.717) is 35.2 Å². The Morgan fingerprint density at radius 3 is 2.52 bits per heavy atom. The zero-order chi connectivity index (χ0) is 21.4. The second-order valence-corrected chi connectivity index (χ2v) is 7.47. The number of nitrogens with zero attached hydrogens (tertiary/aromatic N) is 6. The van der Waals surface area contributed by atoms with E-state index < -0.39 is 0 Å². The van der Waals surface area contributed by atoms with Crippen LogP contribution in [-0.2, 0) is 17.9 Å². The van der Waals surface area contributed by atoms with Crippen molar-refractivity contribution < 1.29 is 4.74 Å². The molecular weight excluding hydrogens is 416 g/mol. The van der Waals surface area contributed by atoms with E-state index in [9.17, 15) is 4.79 Å². The van der Waals surface area contributed by atoms with Crippen molar-refractivity contribution in [1.82, 2.24) is 29.4 Å². The van der Waals surface area contributed by atoms with Gasteiger partial charge in [-0.15, -0.1) is 10.2 Å². The Morgan fingerprint density at radius 2 is 1.77 bits per heavy atom. The molecule has 0 fully saturated rings. The van der Waals surface area contributed by atoms with Crippen LogP contribution in [0.15, 0.2) is 65.7 Å². The van der Waals surface area contributed by atoms with E-state index in [0.717, 1.165) is 16.7 Å². The highest BCUT2D eigenvalue weighted by molar-refractivity contribution is 6.30. The average molecular weight is 433 g/mol. The van der Waals surface area contributed by atoms with Gasteiger partial charge >= 0.3 is 0 Å². The molecule has 0 atom stereocenters. The molecule has 0 amide bonds. The van der Waals surface area contributed by atoms with Crippen molar-refractivity contribution >= 4 is 28.4 Å². The Hall–Kier alpha value is -3.62. The van der Waals surface area contributed by atoms with E-state index in [1.165, 1.54) is 10.9 Å². The molecular formula is C22H17ClN6O2. The number of rotatable bonds is 5. The van der Waals surface area contributed by atoms with Crippen LogP contribution in [0.3, 0.4) is 0 Å². The van der Waals surface area contributed by atoms with Crippen molar-refractivity contribution in [3.63, 3.8) is 0 Å². The second kappa shape index (κ2) is 7.90. The van der Waals surface area contributed by atoms with Gasteiger partial charge in [-0.3, -0.25) is 9.36 Å². The van der Waals surface area contributed by atoms with Crippen LogP contribution in [0.2, 0.25) is 5.02 Å². The van der Waals surface area contributed by atoms with Gasteiger partial charge in [-0.25, -0.2) is 4.98 Å². The van der Waals surface area contributed by atoms with E-state index in [1.54, 1.807) is 23.8 Å². The predicted octanol–water partition coefficient (Wildman–Crippen LogP) is 3.35. The van der Waals surface area contributed by atoms with Gasteiger partial charge in [-0.1, -0.05) is 54.1 Å². The minimum atomic E-state index is -0.292. The van der Waals surface area contributed by atoms with Crippen LogP contribution in [-0.4, -0.2) is 36.5 Å². The van der Waals surface area contributed by atoms with Crippen LogP contribution < -0.4 is 5.56 Å². The molecule has 8 nitrogen and oxygen atoms in total. The summed E-state index contributed by atoms with van der Waals surface area (Å²) in [6, 6.07) is 17.1. The lowest BCUT2D eigenvalue weighted by Gasteiger charge is -2.07. The van der Waals surface area contributed by atoms with Crippen molar-refractivity contribution in [2.75, 3.05) is 7.11 Å². The number of methoxy groups -OCH3 is 1. The van der Waals surface area contributed by atoms with E-state index in [-0.39, 0.29) is 11.1 Å². The van der Waals surface area contributed by atoms with E-state index in [4.69, 9.17) is 16.3 Å². The Bertz CT molecular complexity index is 1440. The van der Waals surface area contributed by atoms with Crippen LogP contribution in [0.1, 0.15) is 11.3 Å². The predicted molar refractivity (Wildman–Crippen MR) is 117 cm³/mol. The average Bonchev–Trinajstić information content (AvgIpc) is 3.16. The Kier molecular flexibility index (Phi) is 4.93. The van der Waals surface area contributed by atoms with Gasteiger partial charge in [-0.05, 0) is 23.3 Å². The molecule has 9 heteroatoms. The van der Waals surface area contributed by atoms with Crippen LogP contribution in [0.25, 0.3) is 27.9 Å². The van der Waals surface area contributed by atoms with Crippen molar-refractivity contribution in [2.24, 2.45) is 0 Å². The lowest BCUT2D eigenvalue weighted by molar-refractivity contribution is 0.181. The van der Waals surface area contributed by atoms with Crippen molar-refractivity contribution in [2.45, 2.75) is 13.2 Å². The third-order valence-corrected chi connectivity index (χ3v) is 5.24. The molecule has 0 saturated carbocycles. The summed E-state index contributed by atoms with van der Waals surface area (Å²) in [7, 11) is 1.61. The number of hydrogen-bond acceptors (Lipinski definition) is 6. The maximum absolute atomic E-state index is 13.1. The van der Waals surface area contributed by atoms with Gasteiger partial charge in [0.15, 0.2) is 16.8 Å². The molecule has 0 aliphatic carbocycles. The van der Waals surface area contributed by atoms with Gasteiger partial charge in [0.1, 0.15) is 6.33 Å². The standard InChI is InChI=1S/C22H17ClN6O2/c1-31-12-17-18(15-5-3-2-4-6-15)20-26-25-19-21(29(20)27-17)24-13-28(22(19)30)11-14-7-9-16(23)10-8-14/h2-10,13H,11-12H2,1H3. The molecule has 154 valence electrons. The molecule has 3 aromatic heterocycles. The summed E-state index contributed by atoms with van der Waals surface area (Å²) >= 11 is 5.94. The number of hydrogen-bond donors (Lipinski definition) is 0. The monoisotopic (exact) mass is 432 g/mol. The quantitative estimate of drug-likeness (QED) is 0.423. The molecule has 2 aromatic carbocycles. The number of benzene rings is 2. The first-order valence-electron chi connectivity index (χ1n) is 9.58. The third kappa shape index (κ3) is 3.45. The van der Waals surface area contributed by atoms with E-state index in [1.807, 2.05) is 42.5 Å². The minimum Gasteiger partial charge on any atom is -0.378 e. The lowest BCUT2D eigenvalue weighted by Crippen LogP contribution is -2.23. The van der Waals surface area contributed by atoms with Crippen LogP contribution in [0, 0.1) is 0 Å². The summed E-state index contributed by atoms with van der Waals surface area (Å²) in [5.41, 5.74) is 4.10. The topological polar surface area (TPSA) is 87.2 Å². The molecule has 0 aliphatic rings. The fraction of sp³-hybridized carbons (Fsp3) is 0.136. The molecule has 5 rings (SSSR count). The molecule has 0 unspecified atom stereocenters. The Labute approximate surface area is 181 Å². The largest absolute Gasteiger partial charge is 0.378 e. The molecule has 0 bridgehead atoms. The maximum Gasteiger partial charge on any atom is 0.283 e. The molecule has 3 heterocycles. The first kappa shape index (κ1) is 19.3. The summed E-state index contributed by atoms with van der Waals surface area (Å²) in [6.45, 7) is 0.644. The van der Waals surface area contributed by atoms with Crippen LogP contribution in [0.5, 0.6) is 0 Å². The Balaban J connectivity index is 1.67. The van der Waals surface area contributed by atoms with Crippen LogP contribution in [0.4, 0.5) is 0 Å². The summed E-state index contributed by atoms with van der Waals surface area (Å²) in [6.07, 6.45) is 1.50. The number of halogens is 1. The first-order chi connectivity index (χ1) is 15.2. The number of aromatic nitrogens is 6. The molecule has 0 saturated heterocycles. The van der Waals surface area contributed by atoms with Crippen molar-refractivity contribution in [1.29, 1.82) is 0 Å². The van der Waals surface area contributed by atoms with E-state index in [2.05, 4.69) is 20.3 Å². The van der Waals surface area contributed by atoms with Gasteiger partial charge in [-0.2, -0.15) is 9.61 Å². The van der Waals surface area contributed by atoms with Gasteiger partial charge in [0.05, 0.1) is 24.4 Å². The molecule has 0 radical (unpaired) electrons. The molecule has 0 spiro atoms. The summed E-state index contributed by atoms with van der Waals surface area (Å²) in [5.74, 6) is 0. The van der Waals surface area contributed by atoms with Gasteiger partial charge in [0.25, 0.3) is 5.56 Å². The highest BCUT2D eigenvalue weighted by Gasteiger charge is 2.20. The number of ether oxygens (including phenoxy) is 1. The smallest absolute Gasteiger partial charge is 0.283 e. The van der Waals surface area contributed by atoms with Gasteiger partial charge < -0.3 is 4.74 Å². The second-order valence-electron chi connectivity index (χ2n) is 7.03. The molecule has 0 N–H and O–H groups in total. The van der Waals surface area contributed by atoms with Crippen LogP contribution >= 0.6 is 11.6 Å². The fourth-order valence-electron chi connectivity index (χ4n) is 3.54. The highest BCUT2D eigenvalue weighted by atomic mass is 35.5. The SMILES string of the molecule is COCc1nn2c(nnc3c(=O)n(Cc4ccc(Cl)cc4)cnc32)c1-c1ccccc1. The third-order valence-electron chi connectivity index (χ3n) is 4.98. The zero-order valence-corrected chi connectivity index (χ0v) is 17.3.